The molecule has 3 amide bonds. The highest BCUT2D eigenvalue weighted by atomic mass is 16.4. The number of rotatable bonds is 9. The number of carbonyl (C=O) groups is 4. The second-order valence-corrected chi connectivity index (χ2v) is 13.2. The Morgan fingerprint density at radius 2 is 1.54 bits per heavy atom. The van der Waals surface area contributed by atoms with Crippen LogP contribution in [0.25, 0.3) is 0 Å². The highest BCUT2D eigenvalue weighted by Gasteiger charge is 2.43. The molecule has 3 saturated heterocycles. The van der Waals surface area contributed by atoms with Gasteiger partial charge in [-0.25, -0.2) is 4.79 Å². The van der Waals surface area contributed by atoms with Crippen LogP contribution in [-0.4, -0.2) is 119 Å². The first-order chi connectivity index (χ1) is 18.2. The maximum absolute atomic E-state index is 14.0. The van der Waals surface area contributed by atoms with E-state index in [1.807, 2.05) is 27.8 Å². The molecular formula is C29H51N5O5. The van der Waals surface area contributed by atoms with Crippen LogP contribution in [0.3, 0.4) is 0 Å². The number of carboxylic acid groups (broad SMARTS) is 1. The summed E-state index contributed by atoms with van der Waals surface area (Å²) >= 11 is 0. The number of nitrogens with one attached hydrogen (secondary N) is 1. The topological polar surface area (TPSA) is 113 Å². The van der Waals surface area contributed by atoms with Crippen molar-refractivity contribution < 1.29 is 24.3 Å². The van der Waals surface area contributed by atoms with Crippen LogP contribution in [0.2, 0.25) is 0 Å². The molecule has 3 fully saturated rings. The van der Waals surface area contributed by atoms with Crippen molar-refractivity contribution in [2.24, 2.45) is 11.3 Å². The first-order valence-corrected chi connectivity index (χ1v) is 14.8. The molecule has 0 aromatic carbocycles. The van der Waals surface area contributed by atoms with Gasteiger partial charge in [0, 0.05) is 26.2 Å². The van der Waals surface area contributed by atoms with E-state index in [9.17, 15) is 24.3 Å². The molecule has 2 N–H and O–H groups in total. The van der Waals surface area contributed by atoms with Crippen molar-refractivity contribution in [3.63, 3.8) is 0 Å². The third kappa shape index (κ3) is 7.31. The van der Waals surface area contributed by atoms with E-state index in [1.165, 1.54) is 4.90 Å². The summed E-state index contributed by atoms with van der Waals surface area (Å²) in [7, 11) is 3.77. The molecule has 0 unspecified atom stereocenters. The lowest BCUT2D eigenvalue weighted by atomic mass is 9.84. The zero-order valence-corrected chi connectivity index (χ0v) is 25.1. The van der Waals surface area contributed by atoms with Gasteiger partial charge in [0.05, 0.1) is 12.1 Å². The highest BCUT2D eigenvalue weighted by Crippen LogP contribution is 2.28. The number of hydrogen-bond acceptors (Lipinski definition) is 6. The van der Waals surface area contributed by atoms with Crippen molar-refractivity contribution in [1.29, 1.82) is 0 Å². The van der Waals surface area contributed by atoms with E-state index < -0.39 is 23.5 Å². The Morgan fingerprint density at radius 1 is 0.923 bits per heavy atom. The molecule has 10 nitrogen and oxygen atoms in total. The SMILES string of the molecule is CC(C)[C@@H](CN1CCC[C@H]1C(=O)N1CCC[C@H]1C(=O)O)N(C)C(=O)[C@@H](NC(=O)[C@H]1CCCCN1C)C(C)(C)C. The fraction of sp³-hybridized carbons (Fsp3) is 0.862. The van der Waals surface area contributed by atoms with Gasteiger partial charge in [-0.1, -0.05) is 41.0 Å². The van der Waals surface area contributed by atoms with Crippen LogP contribution in [0, 0.1) is 11.3 Å². The average Bonchev–Trinajstić information content (AvgIpc) is 3.54. The van der Waals surface area contributed by atoms with Crippen LogP contribution in [0.1, 0.15) is 79.6 Å². The van der Waals surface area contributed by atoms with Gasteiger partial charge in [-0.3, -0.25) is 24.2 Å². The van der Waals surface area contributed by atoms with Gasteiger partial charge in [-0.05, 0) is 70.0 Å². The summed E-state index contributed by atoms with van der Waals surface area (Å²) in [5.74, 6) is -1.14. The predicted octanol–water partition coefficient (Wildman–Crippen LogP) is 2.02. The van der Waals surface area contributed by atoms with Crippen LogP contribution in [0.5, 0.6) is 0 Å². The van der Waals surface area contributed by atoms with Gasteiger partial charge in [0.1, 0.15) is 12.1 Å². The lowest BCUT2D eigenvalue weighted by Crippen LogP contribution is -2.61. The van der Waals surface area contributed by atoms with E-state index in [0.717, 1.165) is 38.8 Å². The van der Waals surface area contributed by atoms with Crippen LogP contribution < -0.4 is 5.32 Å². The molecule has 3 aliphatic heterocycles. The van der Waals surface area contributed by atoms with E-state index in [0.29, 0.717) is 32.4 Å². The maximum atomic E-state index is 14.0. The zero-order chi connectivity index (χ0) is 29.1. The van der Waals surface area contributed by atoms with Crippen molar-refractivity contribution in [1.82, 2.24) is 24.9 Å². The van der Waals surface area contributed by atoms with Crippen LogP contribution in [0.4, 0.5) is 0 Å². The van der Waals surface area contributed by atoms with Crippen molar-refractivity contribution in [2.45, 2.75) is 110 Å². The van der Waals surface area contributed by atoms with Crippen molar-refractivity contribution >= 4 is 23.7 Å². The fourth-order valence-corrected chi connectivity index (χ4v) is 6.48. The molecule has 3 rings (SSSR count). The Kier molecular flexibility index (Phi) is 10.4. The number of nitrogens with zero attached hydrogens (tertiary/aromatic N) is 4. The van der Waals surface area contributed by atoms with Crippen LogP contribution >= 0.6 is 0 Å². The summed E-state index contributed by atoms with van der Waals surface area (Å²) in [5, 5.41) is 12.7. The van der Waals surface area contributed by atoms with E-state index >= 15 is 0 Å². The number of hydrogen-bond donors (Lipinski definition) is 2. The van der Waals surface area contributed by atoms with Crippen molar-refractivity contribution in [3.8, 4) is 0 Å². The van der Waals surface area contributed by atoms with E-state index in [4.69, 9.17) is 0 Å². The summed E-state index contributed by atoms with van der Waals surface area (Å²) < 4.78 is 0. The molecule has 5 atom stereocenters. The molecule has 0 spiro atoms. The average molecular weight is 550 g/mol. The Balaban J connectivity index is 1.74. The van der Waals surface area contributed by atoms with Gasteiger partial charge in [-0.2, -0.15) is 0 Å². The molecule has 0 bridgehead atoms. The Labute approximate surface area is 234 Å². The van der Waals surface area contributed by atoms with E-state index in [-0.39, 0.29) is 41.8 Å². The number of likely N-dealkylation sites (N-methyl/N-ethyl adjacent to an activating group) is 2. The predicted molar refractivity (Wildman–Crippen MR) is 150 cm³/mol. The van der Waals surface area contributed by atoms with Gasteiger partial charge < -0.3 is 20.2 Å². The zero-order valence-electron chi connectivity index (χ0n) is 25.1. The number of amides is 3. The molecule has 10 heteroatoms. The third-order valence-corrected chi connectivity index (χ3v) is 8.98. The largest absolute Gasteiger partial charge is 0.480 e. The van der Waals surface area contributed by atoms with Crippen LogP contribution in [0.15, 0.2) is 0 Å². The Morgan fingerprint density at radius 3 is 2.13 bits per heavy atom. The summed E-state index contributed by atoms with van der Waals surface area (Å²) in [5.41, 5.74) is -0.483. The summed E-state index contributed by atoms with van der Waals surface area (Å²) in [6.45, 7) is 12.7. The summed E-state index contributed by atoms with van der Waals surface area (Å²) in [6.07, 6.45) is 5.64. The van der Waals surface area contributed by atoms with Crippen molar-refractivity contribution in [3.05, 3.63) is 0 Å². The standard InChI is InChI=1S/C29H51N5O5/c1-19(2)23(18-33-16-10-13-21(33)26(36)34-17-11-14-22(34)28(38)39)32(7)27(37)24(29(3,4)5)30-25(35)20-12-8-9-15-31(20)6/h19-24H,8-18H2,1-7H3,(H,30,35)(H,38,39)/t20-,21+,22+,23-,24-/m1/s1. The number of aliphatic carboxylic acids is 1. The maximum Gasteiger partial charge on any atom is 0.326 e. The molecule has 3 aliphatic rings. The number of piperidine rings is 1. The van der Waals surface area contributed by atoms with Gasteiger partial charge in [0.25, 0.3) is 0 Å². The fourth-order valence-electron chi connectivity index (χ4n) is 6.48. The Hall–Kier alpha value is -2.20. The van der Waals surface area contributed by atoms with Crippen LogP contribution in [-0.2, 0) is 19.2 Å². The quantitative estimate of drug-likeness (QED) is 0.452. The lowest BCUT2D eigenvalue weighted by Gasteiger charge is -2.41. The van der Waals surface area contributed by atoms with E-state index in [1.54, 1.807) is 11.9 Å². The van der Waals surface area contributed by atoms with E-state index in [2.05, 4.69) is 29.0 Å². The minimum atomic E-state index is -0.939. The van der Waals surface area contributed by atoms with Gasteiger partial charge in [0.2, 0.25) is 17.7 Å². The number of carbonyl (C=O) groups excluding carboxylic acids is 3. The minimum absolute atomic E-state index is 0.0937. The lowest BCUT2D eigenvalue weighted by molar-refractivity contribution is -0.150. The smallest absolute Gasteiger partial charge is 0.326 e. The molecule has 0 aromatic heterocycles. The summed E-state index contributed by atoms with van der Waals surface area (Å²) in [6, 6.07) is -2.18. The molecule has 0 aliphatic carbocycles. The number of likely N-dealkylation sites (tertiary alicyclic amines) is 3. The molecule has 3 heterocycles. The molecule has 0 aromatic rings. The molecule has 0 saturated carbocycles. The second-order valence-electron chi connectivity index (χ2n) is 13.2. The normalized spacial score (nSPS) is 26.5. The minimum Gasteiger partial charge on any atom is -0.480 e. The first kappa shape index (κ1) is 31.3. The monoisotopic (exact) mass is 549 g/mol. The molecule has 222 valence electrons. The molecular weight excluding hydrogens is 498 g/mol. The Bertz CT molecular complexity index is 903. The molecule has 39 heavy (non-hydrogen) atoms. The molecule has 0 radical (unpaired) electrons. The third-order valence-electron chi connectivity index (χ3n) is 8.98. The van der Waals surface area contributed by atoms with Gasteiger partial charge in [0.15, 0.2) is 0 Å². The summed E-state index contributed by atoms with van der Waals surface area (Å²) in [4.78, 5) is 59.9. The highest BCUT2D eigenvalue weighted by molar-refractivity contribution is 5.90. The van der Waals surface area contributed by atoms with Gasteiger partial charge in [-0.15, -0.1) is 0 Å². The van der Waals surface area contributed by atoms with Crippen molar-refractivity contribution in [2.75, 3.05) is 40.3 Å². The first-order valence-electron chi connectivity index (χ1n) is 14.8. The number of carboxylic acids is 1. The van der Waals surface area contributed by atoms with Gasteiger partial charge >= 0.3 is 5.97 Å². The second kappa shape index (κ2) is 13.0.